The van der Waals surface area contributed by atoms with Crippen molar-refractivity contribution in [2.24, 2.45) is 11.8 Å². The molecule has 0 saturated heterocycles. The van der Waals surface area contributed by atoms with Crippen LogP contribution in [0.25, 0.3) is 0 Å². The monoisotopic (exact) mass is 1180 g/mol. The van der Waals surface area contributed by atoms with E-state index in [4.69, 9.17) is 28.4 Å². The van der Waals surface area contributed by atoms with E-state index in [-0.39, 0.29) is 18.4 Å². The van der Waals surface area contributed by atoms with E-state index in [1.54, 1.807) is 0 Å². The van der Waals surface area contributed by atoms with Gasteiger partial charge in [-0.25, -0.2) is 9.59 Å². The van der Waals surface area contributed by atoms with Crippen molar-refractivity contribution in [2.45, 2.75) is 367 Å². The van der Waals surface area contributed by atoms with Crippen LogP contribution < -0.4 is 0 Å². The number of aliphatic carboxylic acids is 2. The second-order valence-corrected chi connectivity index (χ2v) is 24.1. The maximum absolute atomic E-state index is 12.1. The fraction of sp³-hybridized carbons (Fsp3) is 0.913. The molecule has 2 N–H and O–H groups in total. The molecular weight excluding hydrogens is 1050 g/mol. The van der Waals surface area contributed by atoms with Gasteiger partial charge in [-0.1, -0.05) is 309 Å². The Bertz CT molecular complexity index is 1370. The summed E-state index contributed by atoms with van der Waals surface area (Å²) >= 11 is 0. The molecule has 0 aromatic rings. The van der Waals surface area contributed by atoms with Crippen LogP contribution >= 0.6 is 0 Å². The van der Waals surface area contributed by atoms with Gasteiger partial charge in [-0.3, -0.25) is 19.2 Å². The lowest BCUT2D eigenvalue weighted by Crippen LogP contribution is -2.23. The third-order valence-electron chi connectivity index (χ3n) is 16.4. The highest BCUT2D eigenvalue weighted by Gasteiger charge is 2.26. The Balaban J connectivity index is 3.65. The summed E-state index contributed by atoms with van der Waals surface area (Å²) in [6.07, 6.45) is 58.1. The molecule has 0 aromatic carbocycles. The molecule has 0 heterocycles. The summed E-state index contributed by atoms with van der Waals surface area (Å²) in [7, 11) is 0. The molecule has 14 heteroatoms. The first-order valence-corrected chi connectivity index (χ1v) is 35.0. The van der Waals surface area contributed by atoms with Crippen molar-refractivity contribution in [2.75, 3.05) is 26.8 Å². The van der Waals surface area contributed by atoms with E-state index in [0.29, 0.717) is 38.9 Å². The number of carboxylic acids is 2. The van der Waals surface area contributed by atoms with Crippen LogP contribution in [0.3, 0.4) is 0 Å². The number of carbonyl (C=O) groups is 6. The first-order valence-electron chi connectivity index (χ1n) is 35.0. The molecule has 0 aliphatic rings. The zero-order chi connectivity index (χ0) is 60.6. The van der Waals surface area contributed by atoms with Crippen molar-refractivity contribution in [3.63, 3.8) is 0 Å². The summed E-state index contributed by atoms with van der Waals surface area (Å²) in [6, 6.07) is 0. The Labute approximate surface area is 507 Å². The average Bonchev–Trinajstić information content (AvgIpc) is 3.46. The van der Waals surface area contributed by atoms with Gasteiger partial charge in [0.25, 0.3) is 0 Å². The number of carboxylic acid groups (broad SMARTS) is 2. The predicted octanol–water partition coefficient (Wildman–Crippen LogP) is 21.2. The summed E-state index contributed by atoms with van der Waals surface area (Å²) in [5.74, 6) is -3.67. The largest absolute Gasteiger partial charge is 0.511 e. The fourth-order valence-corrected chi connectivity index (χ4v) is 10.9. The van der Waals surface area contributed by atoms with E-state index in [2.05, 4.69) is 13.8 Å². The smallest absolute Gasteiger partial charge is 0.481 e. The lowest BCUT2D eigenvalue weighted by atomic mass is 9.87. The molecule has 0 fully saturated rings. The average molecular weight is 1180 g/mol. The molecule has 0 saturated carbocycles. The maximum Gasteiger partial charge on any atom is 0.511 e. The standard InChI is InChI=1S/C69H128O14/c1-3-5-7-9-11-13-15-17-25-31-37-43-49-55-64(70)80-60-82-68(76)78-57-51-45-39-33-27-21-19-23-29-35-41-47-53-62(66(72)73)59-63(67(74)75)54-48-42-36-30-24-20-22-28-34-40-46-52-58-79-69(77)83-61-81-65(71)56-50-44-38-32-26-18-16-14-12-10-8-6-4-2/h62-63H,3-61H2,1-2H3,(H,72,73)(H,74,75). The van der Waals surface area contributed by atoms with E-state index >= 15 is 0 Å². The summed E-state index contributed by atoms with van der Waals surface area (Å²) in [4.78, 5) is 71.6. The Kier molecular flexibility index (Phi) is 61.6. The van der Waals surface area contributed by atoms with Gasteiger partial charge in [0.2, 0.25) is 13.6 Å². The maximum atomic E-state index is 12.1. The van der Waals surface area contributed by atoms with Crippen molar-refractivity contribution in [1.82, 2.24) is 0 Å². The van der Waals surface area contributed by atoms with Gasteiger partial charge in [0.15, 0.2) is 0 Å². The molecule has 0 spiro atoms. The van der Waals surface area contributed by atoms with Crippen LogP contribution in [0.15, 0.2) is 0 Å². The first-order chi connectivity index (χ1) is 40.6. The molecule has 0 radical (unpaired) electrons. The summed E-state index contributed by atoms with van der Waals surface area (Å²) in [5.41, 5.74) is 0. The highest BCUT2D eigenvalue weighted by molar-refractivity contribution is 5.73. The highest BCUT2D eigenvalue weighted by atomic mass is 16.8. The molecule has 0 rings (SSSR count). The van der Waals surface area contributed by atoms with Crippen molar-refractivity contribution < 1.29 is 67.4 Å². The molecule has 0 aliphatic heterocycles. The van der Waals surface area contributed by atoms with Crippen LogP contribution in [0, 0.1) is 11.8 Å². The Morgan fingerprint density at radius 3 is 0.723 bits per heavy atom. The van der Waals surface area contributed by atoms with Crippen LogP contribution in [0.1, 0.15) is 367 Å². The number of hydrogen-bond donors (Lipinski definition) is 2. The van der Waals surface area contributed by atoms with Crippen LogP contribution in [-0.4, -0.2) is 73.2 Å². The molecule has 2 atom stereocenters. The van der Waals surface area contributed by atoms with E-state index in [9.17, 15) is 39.0 Å². The third kappa shape index (κ3) is 61.3. The Hall–Kier alpha value is -3.58. The summed E-state index contributed by atoms with van der Waals surface area (Å²) in [5, 5.41) is 19.8. The number of rotatable bonds is 66. The zero-order valence-electron chi connectivity index (χ0n) is 53.7. The molecule has 0 aromatic heterocycles. The van der Waals surface area contributed by atoms with Gasteiger partial charge in [-0.15, -0.1) is 0 Å². The predicted molar refractivity (Wildman–Crippen MR) is 334 cm³/mol. The highest BCUT2D eigenvalue weighted by Crippen LogP contribution is 2.26. The number of esters is 2. The number of hydrogen-bond acceptors (Lipinski definition) is 12. The van der Waals surface area contributed by atoms with Gasteiger partial charge in [-0.2, -0.15) is 0 Å². The summed E-state index contributed by atoms with van der Waals surface area (Å²) < 4.78 is 30.0. The minimum atomic E-state index is -0.880. The summed E-state index contributed by atoms with van der Waals surface area (Å²) in [6.45, 7) is 4.28. The molecule has 2 unspecified atom stereocenters. The minimum Gasteiger partial charge on any atom is -0.481 e. The molecule has 14 nitrogen and oxygen atoms in total. The van der Waals surface area contributed by atoms with E-state index < -0.39 is 49.7 Å². The van der Waals surface area contributed by atoms with Crippen molar-refractivity contribution in [3.8, 4) is 0 Å². The molecule has 0 amide bonds. The molecule has 0 bridgehead atoms. The molecule has 83 heavy (non-hydrogen) atoms. The van der Waals surface area contributed by atoms with Crippen molar-refractivity contribution >= 4 is 36.2 Å². The second-order valence-electron chi connectivity index (χ2n) is 24.1. The van der Waals surface area contributed by atoms with Crippen molar-refractivity contribution in [3.05, 3.63) is 0 Å². The van der Waals surface area contributed by atoms with Crippen LogP contribution in [0.5, 0.6) is 0 Å². The third-order valence-corrected chi connectivity index (χ3v) is 16.4. The van der Waals surface area contributed by atoms with E-state index in [1.807, 2.05) is 0 Å². The number of unbranched alkanes of at least 4 members (excludes halogenated alkanes) is 46. The molecule has 488 valence electrons. The van der Waals surface area contributed by atoms with Crippen LogP contribution in [-0.2, 0) is 47.6 Å². The SMILES string of the molecule is CCCCCCCCCCCCCCCC(=O)OCOC(=O)OCCCCCCCCCCCCCCC(CC(CCCCCCCCCCCCCCOC(=O)OCOC(=O)CCCCCCCCCCCCCCC)C(=O)O)C(=O)O. The van der Waals surface area contributed by atoms with E-state index in [0.717, 1.165) is 154 Å². The lowest BCUT2D eigenvalue weighted by molar-refractivity contribution is -0.154. The van der Waals surface area contributed by atoms with Gasteiger partial charge in [0.1, 0.15) is 0 Å². The van der Waals surface area contributed by atoms with Crippen LogP contribution in [0.4, 0.5) is 9.59 Å². The van der Waals surface area contributed by atoms with E-state index in [1.165, 1.54) is 167 Å². The minimum absolute atomic E-state index is 0.209. The number of carbonyl (C=O) groups excluding carboxylic acids is 4. The molecular formula is C69H128O14. The second kappa shape index (κ2) is 64.4. The van der Waals surface area contributed by atoms with Gasteiger partial charge < -0.3 is 38.6 Å². The molecule has 0 aliphatic carbocycles. The van der Waals surface area contributed by atoms with Crippen LogP contribution in [0.2, 0.25) is 0 Å². The van der Waals surface area contributed by atoms with Gasteiger partial charge in [0, 0.05) is 12.8 Å². The first kappa shape index (κ1) is 79.4. The van der Waals surface area contributed by atoms with Gasteiger partial charge in [0.05, 0.1) is 25.0 Å². The Morgan fingerprint density at radius 2 is 0.482 bits per heavy atom. The fourth-order valence-electron chi connectivity index (χ4n) is 10.9. The lowest BCUT2D eigenvalue weighted by Gasteiger charge is -2.18. The van der Waals surface area contributed by atoms with Gasteiger partial charge in [-0.05, 0) is 44.9 Å². The van der Waals surface area contributed by atoms with Crippen molar-refractivity contribution in [1.29, 1.82) is 0 Å². The zero-order valence-corrected chi connectivity index (χ0v) is 53.7. The topological polar surface area (TPSA) is 198 Å². The quantitative estimate of drug-likeness (QED) is 0.0252. The number of ether oxygens (including phenoxy) is 6. The normalized spacial score (nSPS) is 12.0. The Morgan fingerprint density at radius 1 is 0.265 bits per heavy atom. The van der Waals surface area contributed by atoms with Gasteiger partial charge >= 0.3 is 36.2 Å².